The Labute approximate surface area is 177 Å². The molecule has 0 radical (unpaired) electrons. The second kappa shape index (κ2) is 8.53. The molecule has 4 atom stereocenters. The van der Waals surface area contributed by atoms with Crippen molar-refractivity contribution in [1.82, 2.24) is 4.98 Å². The lowest BCUT2D eigenvalue weighted by Crippen LogP contribution is -2.35. The van der Waals surface area contributed by atoms with Gasteiger partial charge in [-0.05, 0) is 25.1 Å². The van der Waals surface area contributed by atoms with Crippen LogP contribution in [0.15, 0.2) is 30.9 Å². The van der Waals surface area contributed by atoms with Crippen LogP contribution >= 0.6 is 11.3 Å². The molecule has 0 amide bonds. The summed E-state index contributed by atoms with van der Waals surface area (Å²) < 4.78 is 23.4. The highest BCUT2D eigenvalue weighted by Crippen LogP contribution is 2.35. The highest BCUT2D eigenvalue weighted by Gasteiger charge is 2.49. The molecule has 0 unspecified atom stereocenters. The monoisotopic (exact) mass is 428 g/mol. The minimum atomic E-state index is -1.01. The van der Waals surface area contributed by atoms with Crippen LogP contribution < -0.4 is 4.74 Å². The zero-order valence-corrected chi connectivity index (χ0v) is 17.1. The van der Waals surface area contributed by atoms with E-state index in [-0.39, 0.29) is 29.3 Å². The van der Waals surface area contributed by atoms with Crippen LogP contribution in [0.5, 0.6) is 5.75 Å². The minimum Gasteiger partial charge on any atom is -0.484 e. The van der Waals surface area contributed by atoms with Gasteiger partial charge in [-0.1, -0.05) is 6.08 Å². The highest BCUT2D eigenvalue weighted by atomic mass is 32.1. The SMILES string of the molecule is C=CCO[C@H]1CO[C@H]2[C@@H]1OC[C@@H]2Oc1ccc(-c2nc(C)c(C(=O)O)s2)cc1C#N. The van der Waals surface area contributed by atoms with E-state index in [4.69, 9.17) is 18.9 Å². The van der Waals surface area contributed by atoms with Crippen LogP contribution in [0.2, 0.25) is 0 Å². The average molecular weight is 428 g/mol. The number of hydrogen-bond acceptors (Lipinski definition) is 8. The summed E-state index contributed by atoms with van der Waals surface area (Å²) in [5.41, 5.74) is 1.44. The van der Waals surface area contributed by atoms with Crippen LogP contribution in [-0.2, 0) is 14.2 Å². The number of hydrogen-bond donors (Lipinski definition) is 1. The first-order chi connectivity index (χ1) is 14.5. The number of aryl methyl sites for hydroxylation is 1. The van der Waals surface area contributed by atoms with Gasteiger partial charge in [0.05, 0.1) is 31.1 Å². The molecule has 0 saturated carbocycles. The summed E-state index contributed by atoms with van der Waals surface area (Å²) >= 11 is 1.08. The van der Waals surface area contributed by atoms with Gasteiger partial charge in [0.15, 0.2) is 6.10 Å². The van der Waals surface area contributed by atoms with Crippen molar-refractivity contribution in [2.75, 3.05) is 19.8 Å². The van der Waals surface area contributed by atoms with Gasteiger partial charge in [-0.2, -0.15) is 5.26 Å². The molecule has 3 heterocycles. The number of nitriles is 1. The first-order valence-electron chi connectivity index (χ1n) is 9.39. The van der Waals surface area contributed by atoms with E-state index in [9.17, 15) is 15.2 Å². The maximum atomic E-state index is 11.3. The Hall–Kier alpha value is -2.77. The van der Waals surface area contributed by atoms with Crippen molar-refractivity contribution >= 4 is 17.3 Å². The molecule has 2 aliphatic rings. The topological polar surface area (TPSA) is 111 Å². The number of rotatable bonds is 7. The third-order valence-corrected chi connectivity index (χ3v) is 6.20. The standard InChI is InChI=1S/C21H20N2O6S/c1-3-6-26-15-9-27-18-16(10-28-17(15)18)29-14-5-4-12(7-13(14)8-22)20-23-11(2)19(30-20)21(24)25/h3-5,7,15-18H,1,6,9-10H2,2H3,(H,24,25)/t15-,16-,17+,18+/m0/s1. The molecule has 1 N–H and O–H groups in total. The van der Waals surface area contributed by atoms with E-state index in [1.807, 2.05) is 0 Å². The predicted octanol–water partition coefficient (Wildman–Crippen LogP) is 2.80. The molecule has 2 saturated heterocycles. The molecule has 0 bridgehead atoms. The molecule has 1 aromatic carbocycles. The van der Waals surface area contributed by atoms with Gasteiger partial charge in [0.1, 0.15) is 40.0 Å². The molecule has 0 aliphatic carbocycles. The molecule has 1 aromatic heterocycles. The van der Waals surface area contributed by atoms with Crippen molar-refractivity contribution in [1.29, 1.82) is 5.26 Å². The van der Waals surface area contributed by atoms with Gasteiger partial charge in [-0.25, -0.2) is 9.78 Å². The van der Waals surface area contributed by atoms with E-state index in [2.05, 4.69) is 17.6 Å². The zero-order chi connectivity index (χ0) is 21.3. The van der Waals surface area contributed by atoms with Crippen LogP contribution in [0, 0.1) is 18.3 Å². The zero-order valence-electron chi connectivity index (χ0n) is 16.2. The molecule has 30 heavy (non-hydrogen) atoms. The molecule has 2 aliphatic heterocycles. The number of fused-ring (bicyclic) bond motifs is 1. The summed E-state index contributed by atoms with van der Waals surface area (Å²) in [5, 5.41) is 19.4. The van der Waals surface area contributed by atoms with Crippen LogP contribution in [-0.4, -0.2) is 60.3 Å². The number of carboxylic acid groups (broad SMARTS) is 1. The molecule has 0 spiro atoms. The second-order valence-corrected chi connectivity index (χ2v) is 7.97. The van der Waals surface area contributed by atoms with Crippen LogP contribution in [0.4, 0.5) is 0 Å². The summed E-state index contributed by atoms with van der Waals surface area (Å²) in [6, 6.07) is 7.25. The molecular weight excluding hydrogens is 408 g/mol. The Bertz CT molecular complexity index is 1010. The lowest BCUT2D eigenvalue weighted by molar-refractivity contribution is -0.0258. The van der Waals surface area contributed by atoms with Crippen LogP contribution in [0.1, 0.15) is 20.9 Å². The number of nitrogens with zero attached hydrogens (tertiary/aromatic N) is 2. The lowest BCUT2D eigenvalue weighted by Gasteiger charge is -2.19. The van der Waals surface area contributed by atoms with Gasteiger partial charge in [0, 0.05) is 5.56 Å². The molecule has 2 aromatic rings. The van der Waals surface area contributed by atoms with E-state index >= 15 is 0 Å². The summed E-state index contributed by atoms with van der Waals surface area (Å²) in [6.07, 6.45) is 0.667. The number of thiazole rings is 1. The van der Waals surface area contributed by atoms with Crippen molar-refractivity contribution in [3.63, 3.8) is 0 Å². The third-order valence-electron chi connectivity index (χ3n) is 5.01. The first-order valence-corrected chi connectivity index (χ1v) is 10.2. The largest absolute Gasteiger partial charge is 0.484 e. The number of carbonyl (C=O) groups is 1. The van der Waals surface area contributed by atoms with Gasteiger partial charge in [0.25, 0.3) is 0 Å². The number of benzene rings is 1. The molecule has 9 heteroatoms. The fraction of sp³-hybridized carbons (Fsp3) is 0.381. The fourth-order valence-corrected chi connectivity index (χ4v) is 4.50. The summed E-state index contributed by atoms with van der Waals surface area (Å²) in [6.45, 7) is 6.47. The lowest BCUT2D eigenvalue weighted by atomic mass is 10.1. The smallest absolute Gasteiger partial charge is 0.347 e. The van der Waals surface area contributed by atoms with E-state index in [0.717, 1.165) is 11.3 Å². The van der Waals surface area contributed by atoms with Crippen molar-refractivity contribution in [2.24, 2.45) is 0 Å². The van der Waals surface area contributed by atoms with Crippen LogP contribution in [0.3, 0.4) is 0 Å². The van der Waals surface area contributed by atoms with Gasteiger partial charge in [-0.15, -0.1) is 17.9 Å². The molecule has 4 rings (SSSR count). The molecule has 2 fully saturated rings. The van der Waals surface area contributed by atoms with Crippen molar-refractivity contribution in [3.8, 4) is 22.4 Å². The molecule has 8 nitrogen and oxygen atoms in total. The van der Waals surface area contributed by atoms with Gasteiger partial charge in [-0.3, -0.25) is 0 Å². The summed E-state index contributed by atoms with van der Waals surface area (Å²) in [4.78, 5) is 15.8. The van der Waals surface area contributed by atoms with E-state index in [1.54, 1.807) is 31.2 Å². The van der Waals surface area contributed by atoms with E-state index in [1.165, 1.54) is 0 Å². The van der Waals surface area contributed by atoms with Crippen molar-refractivity contribution in [3.05, 3.63) is 47.0 Å². The highest BCUT2D eigenvalue weighted by molar-refractivity contribution is 7.17. The Morgan fingerprint density at radius 2 is 2.13 bits per heavy atom. The minimum absolute atomic E-state index is 0.170. The summed E-state index contributed by atoms with van der Waals surface area (Å²) in [5.74, 6) is -0.597. The van der Waals surface area contributed by atoms with Gasteiger partial charge < -0.3 is 24.1 Å². The van der Waals surface area contributed by atoms with Gasteiger partial charge in [0.2, 0.25) is 0 Å². The van der Waals surface area contributed by atoms with Crippen molar-refractivity contribution < 1.29 is 28.8 Å². The fourth-order valence-electron chi connectivity index (χ4n) is 3.60. The van der Waals surface area contributed by atoms with Crippen LogP contribution in [0.25, 0.3) is 10.6 Å². The number of aromatic carboxylic acids is 1. The maximum Gasteiger partial charge on any atom is 0.347 e. The summed E-state index contributed by atoms with van der Waals surface area (Å²) in [7, 11) is 0. The Kier molecular flexibility index (Phi) is 5.83. The Morgan fingerprint density at radius 1 is 1.40 bits per heavy atom. The number of ether oxygens (including phenoxy) is 4. The normalized spacial score (nSPS) is 24.9. The Balaban J connectivity index is 1.51. The maximum absolute atomic E-state index is 11.3. The van der Waals surface area contributed by atoms with Gasteiger partial charge >= 0.3 is 5.97 Å². The predicted molar refractivity (Wildman–Crippen MR) is 108 cm³/mol. The van der Waals surface area contributed by atoms with Crippen molar-refractivity contribution in [2.45, 2.75) is 31.3 Å². The van der Waals surface area contributed by atoms with E-state index < -0.39 is 5.97 Å². The molecular formula is C21H20N2O6S. The van der Waals surface area contributed by atoms with E-state index in [0.29, 0.717) is 47.4 Å². The Morgan fingerprint density at radius 3 is 2.80 bits per heavy atom. The molecule has 156 valence electrons. The second-order valence-electron chi connectivity index (χ2n) is 6.97. The first kappa shape index (κ1) is 20.5. The average Bonchev–Trinajstić information content (AvgIpc) is 3.43. The third kappa shape index (κ3) is 3.82. The number of carboxylic acids is 1. The quantitative estimate of drug-likeness (QED) is 0.670. The number of aromatic nitrogens is 1.